The van der Waals surface area contributed by atoms with E-state index < -0.39 is 47.2 Å². The maximum absolute atomic E-state index is 13.6. The number of aromatic nitrogens is 2. The Morgan fingerprint density at radius 2 is 1.78 bits per heavy atom. The number of Topliss-reactive ketones (excluding diaryl/α,β-unsaturated/α-hetero) is 1. The smallest absolute Gasteiger partial charge is 0.329 e. The summed E-state index contributed by atoms with van der Waals surface area (Å²) in [5.74, 6) is -2.60. The Morgan fingerprint density at radius 1 is 1.08 bits per heavy atom. The highest BCUT2D eigenvalue weighted by atomic mass is 16.5. The van der Waals surface area contributed by atoms with Crippen LogP contribution in [0.4, 0.5) is 0 Å². The summed E-state index contributed by atoms with van der Waals surface area (Å²) in [4.78, 5) is 73.5. The lowest BCUT2D eigenvalue weighted by Crippen LogP contribution is -2.61. The van der Waals surface area contributed by atoms with E-state index in [0.717, 1.165) is 32.1 Å². The lowest BCUT2D eigenvalue weighted by molar-refractivity contribution is -0.153. The molecule has 0 aromatic carbocycles. The van der Waals surface area contributed by atoms with Gasteiger partial charge in [0.05, 0.1) is 19.9 Å². The van der Waals surface area contributed by atoms with Crippen molar-refractivity contribution in [1.29, 1.82) is 0 Å². The van der Waals surface area contributed by atoms with E-state index in [4.69, 9.17) is 4.74 Å². The molecule has 0 spiro atoms. The van der Waals surface area contributed by atoms with Crippen LogP contribution in [0.2, 0.25) is 0 Å². The molecule has 196 valence electrons. The maximum atomic E-state index is 13.6. The zero-order valence-corrected chi connectivity index (χ0v) is 21.3. The van der Waals surface area contributed by atoms with Crippen molar-refractivity contribution >= 4 is 29.5 Å². The average molecular weight is 502 g/mol. The van der Waals surface area contributed by atoms with Gasteiger partial charge < -0.3 is 20.3 Å². The number of ether oxygens (including phenoxy) is 1. The predicted octanol–water partition coefficient (Wildman–Crippen LogP) is 1.03. The van der Waals surface area contributed by atoms with Crippen molar-refractivity contribution < 1.29 is 28.7 Å². The number of ketones is 1. The highest BCUT2D eigenvalue weighted by molar-refractivity contribution is 6.01. The molecule has 1 aliphatic heterocycles. The molecule has 3 atom stereocenters. The van der Waals surface area contributed by atoms with E-state index in [0.29, 0.717) is 0 Å². The van der Waals surface area contributed by atoms with Crippen LogP contribution in [0, 0.1) is 11.3 Å². The van der Waals surface area contributed by atoms with Crippen molar-refractivity contribution in [3.05, 3.63) is 24.3 Å². The molecule has 1 unspecified atom stereocenters. The first kappa shape index (κ1) is 27.2. The number of amides is 3. The zero-order chi connectivity index (χ0) is 26.5. The third-order valence-corrected chi connectivity index (χ3v) is 6.79. The van der Waals surface area contributed by atoms with Crippen LogP contribution in [0.5, 0.6) is 0 Å². The van der Waals surface area contributed by atoms with Gasteiger partial charge in [0.15, 0.2) is 5.78 Å². The van der Waals surface area contributed by atoms with Crippen molar-refractivity contribution in [3.8, 4) is 0 Å². The standard InChI is InChI=1S/C25H35N5O6/c1-25(2,3)20(23(34)30-14-16(31)12-18(30)24(35)36-4)29-22(33)19(15-8-6-5-7-9-15)28-21(32)17-13-26-10-11-27-17/h10-11,13,15,18-20H,5-9,12,14H2,1-4H3,(H,28,32)(H,29,33)/t18-,19-,20?/m0/s1. The van der Waals surface area contributed by atoms with E-state index >= 15 is 0 Å². The number of likely N-dealkylation sites (tertiary alicyclic amines) is 1. The molecule has 36 heavy (non-hydrogen) atoms. The highest BCUT2D eigenvalue weighted by Gasteiger charge is 2.46. The Hall–Kier alpha value is -3.37. The first-order valence-corrected chi connectivity index (χ1v) is 12.3. The molecule has 11 heteroatoms. The SMILES string of the molecule is COC(=O)[C@@H]1CC(=O)CN1C(=O)C(NC(=O)[C@@H](NC(=O)c1cnccn1)C1CCCCC1)C(C)(C)C. The summed E-state index contributed by atoms with van der Waals surface area (Å²) in [5.41, 5.74) is -0.656. The van der Waals surface area contributed by atoms with Crippen LogP contribution < -0.4 is 10.6 Å². The number of nitrogens with zero attached hydrogens (tertiary/aromatic N) is 3. The van der Waals surface area contributed by atoms with Gasteiger partial charge in [0.2, 0.25) is 11.8 Å². The first-order chi connectivity index (χ1) is 17.0. The number of hydrogen-bond donors (Lipinski definition) is 2. The van der Waals surface area contributed by atoms with Gasteiger partial charge in [0.1, 0.15) is 23.8 Å². The second-order valence-corrected chi connectivity index (χ2v) is 10.5. The zero-order valence-electron chi connectivity index (χ0n) is 21.3. The minimum Gasteiger partial charge on any atom is -0.467 e. The van der Waals surface area contributed by atoms with Crippen molar-refractivity contribution in [3.63, 3.8) is 0 Å². The second-order valence-electron chi connectivity index (χ2n) is 10.5. The van der Waals surface area contributed by atoms with E-state index in [1.165, 1.54) is 30.6 Å². The quantitative estimate of drug-likeness (QED) is 0.527. The monoisotopic (exact) mass is 501 g/mol. The summed E-state index contributed by atoms with van der Waals surface area (Å²) < 4.78 is 4.78. The predicted molar refractivity (Wildman–Crippen MR) is 128 cm³/mol. The topological polar surface area (TPSA) is 148 Å². The van der Waals surface area contributed by atoms with Crippen LogP contribution in [0.15, 0.2) is 18.6 Å². The van der Waals surface area contributed by atoms with Crippen LogP contribution >= 0.6 is 0 Å². The van der Waals surface area contributed by atoms with Crippen LogP contribution in [0.25, 0.3) is 0 Å². The molecule has 3 amide bonds. The first-order valence-electron chi connectivity index (χ1n) is 12.3. The minimum absolute atomic E-state index is 0.0889. The van der Waals surface area contributed by atoms with Crippen molar-refractivity contribution in [2.75, 3.05) is 13.7 Å². The van der Waals surface area contributed by atoms with Gasteiger partial charge in [-0.25, -0.2) is 9.78 Å². The molecule has 2 aliphatic rings. The third-order valence-electron chi connectivity index (χ3n) is 6.79. The Labute approximate surface area is 210 Å². The fraction of sp³-hybridized carbons (Fsp3) is 0.640. The average Bonchev–Trinajstić information content (AvgIpc) is 3.26. The molecule has 3 rings (SSSR count). The lowest BCUT2D eigenvalue weighted by Gasteiger charge is -2.37. The number of nitrogens with one attached hydrogen (secondary N) is 2. The van der Waals surface area contributed by atoms with Crippen LogP contribution in [-0.2, 0) is 23.9 Å². The molecule has 1 aromatic rings. The highest BCUT2D eigenvalue weighted by Crippen LogP contribution is 2.29. The van der Waals surface area contributed by atoms with E-state index in [2.05, 4.69) is 20.6 Å². The second kappa shape index (κ2) is 11.6. The van der Waals surface area contributed by atoms with Gasteiger partial charge >= 0.3 is 5.97 Å². The van der Waals surface area contributed by atoms with E-state index in [1.807, 2.05) is 0 Å². The van der Waals surface area contributed by atoms with Gasteiger partial charge in [-0.3, -0.25) is 24.2 Å². The molecule has 1 aliphatic carbocycles. The summed E-state index contributed by atoms with van der Waals surface area (Å²) >= 11 is 0. The third kappa shape index (κ3) is 6.44. The van der Waals surface area contributed by atoms with Gasteiger partial charge in [0.25, 0.3) is 5.91 Å². The molecule has 2 heterocycles. The number of methoxy groups -OCH3 is 1. The fourth-order valence-corrected chi connectivity index (χ4v) is 4.81. The van der Waals surface area contributed by atoms with E-state index in [9.17, 15) is 24.0 Å². The number of carbonyl (C=O) groups is 5. The molecular weight excluding hydrogens is 466 g/mol. The molecule has 0 bridgehead atoms. The maximum Gasteiger partial charge on any atom is 0.329 e. The van der Waals surface area contributed by atoms with Crippen LogP contribution in [-0.4, -0.2) is 76.1 Å². The van der Waals surface area contributed by atoms with Gasteiger partial charge in [-0.05, 0) is 24.2 Å². The summed E-state index contributed by atoms with van der Waals surface area (Å²) in [6.45, 7) is 5.13. The van der Waals surface area contributed by atoms with Gasteiger partial charge in [-0.1, -0.05) is 40.0 Å². The Bertz CT molecular complexity index is 986. The minimum atomic E-state index is -1.04. The Kier molecular flexibility index (Phi) is 8.75. The molecule has 0 radical (unpaired) electrons. The number of esters is 1. The van der Waals surface area contributed by atoms with Crippen molar-refractivity contribution in [2.45, 2.75) is 77.4 Å². The molecule has 2 N–H and O–H groups in total. The van der Waals surface area contributed by atoms with Crippen molar-refractivity contribution in [2.24, 2.45) is 11.3 Å². The lowest BCUT2D eigenvalue weighted by atomic mass is 9.82. The van der Waals surface area contributed by atoms with Crippen LogP contribution in [0.1, 0.15) is 69.8 Å². The van der Waals surface area contributed by atoms with Crippen LogP contribution in [0.3, 0.4) is 0 Å². The molecule has 11 nitrogen and oxygen atoms in total. The van der Waals surface area contributed by atoms with E-state index in [1.54, 1.807) is 20.8 Å². The fourth-order valence-electron chi connectivity index (χ4n) is 4.81. The summed E-state index contributed by atoms with van der Waals surface area (Å²) in [6.07, 6.45) is 8.51. The van der Waals surface area contributed by atoms with E-state index in [-0.39, 0.29) is 30.4 Å². The molecular formula is C25H35N5O6. The largest absolute Gasteiger partial charge is 0.467 e. The Balaban J connectivity index is 1.84. The number of hydrogen-bond acceptors (Lipinski definition) is 8. The molecule has 1 aromatic heterocycles. The molecule has 1 saturated heterocycles. The number of carbonyl (C=O) groups excluding carboxylic acids is 5. The van der Waals surface area contributed by atoms with Gasteiger partial charge in [0, 0.05) is 18.8 Å². The summed E-state index contributed by atoms with van der Waals surface area (Å²) in [6, 6.07) is -2.95. The van der Waals surface area contributed by atoms with Crippen molar-refractivity contribution in [1.82, 2.24) is 25.5 Å². The summed E-state index contributed by atoms with van der Waals surface area (Å²) in [5, 5.41) is 5.64. The summed E-state index contributed by atoms with van der Waals surface area (Å²) in [7, 11) is 1.20. The molecule has 1 saturated carbocycles. The molecule has 2 fully saturated rings. The number of rotatable bonds is 7. The normalized spacial score (nSPS) is 20.4. The van der Waals surface area contributed by atoms with Gasteiger partial charge in [-0.15, -0.1) is 0 Å². The van der Waals surface area contributed by atoms with Gasteiger partial charge in [-0.2, -0.15) is 0 Å². The Morgan fingerprint density at radius 3 is 2.36 bits per heavy atom.